The van der Waals surface area contributed by atoms with Crippen LogP contribution in [0.3, 0.4) is 0 Å². The van der Waals surface area contributed by atoms with Crippen molar-refractivity contribution in [2.45, 2.75) is 44.0 Å². The van der Waals surface area contributed by atoms with E-state index in [2.05, 4.69) is 0 Å². The largest absolute Gasteiger partial charge is 0.393 e. The van der Waals surface area contributed by atoms with Gasteiger partial charge in [-0.1, -0.05) is 0 Å². The number of hydrogen-bond donors (Lipinski definition) is 2. The number of hydrogen-bond acceptors (Lipinski definition) is 3. The fourth-order valence-electron chi connectivity index (χ4n) is 2.62. The summed E-state index contributed by atoms with van der Waals surface area (Å²) in [4.78, 5) is 0. The minimum Gasteiger partial charge on any atom is -0.393 e. The third-order valence-corrected chi connectivity index (χ3v) is 3.37. The zero-order valence-corrected chi connectivity index (χ0v) is 7.36. The van der Waals surface area contributed by atoms with E-state index in [4.69, 9.17) is 4.74 Å². The molecule has 4 atom stereocenters. The number of ether oxygens (including phenoxy) is 1. The number of fused-ring (bicyclic) bond motifs is 2. The Labute approximate surface area is 72.3 Å². The van der Waals surface area contributed by atoms with Gasteiger partial charge in [0.15, 0.2) is 0 Å². The molecule has 2 aliphatic rings. The van der Waals surface area contributed by atoms with E-state index in [9.17, 15) is 10.2 Å². The smallest absolute Gasteiger partial charge is 0.118 e. The molecule has 0 spiro atoms. The molecule has 0 amide bonds. The molecule has 0 radical (unpaired) electrons. The van der Waals surface area contributed by atoms with E-state index in [1.54, 1.807) is 0 Å². The van der Waals surface area contributed by atoms with Crippen molar-refractivity contribution in [2.75, 3.05) is 6.61 Å². The van der Waals surface area contributed by atoms with Gasteiger partial charge in [0.25, 0.3) is 0 Å². The van der Waals surface area contributed by atoms with Crippen LogP contribution >= 0.6 is 0 Å². The summed E-state index contributed by atoms with van der Waals surface area (Å²) in [6.07, 6.45) is 2.54. The first-order valence-corrected chi connectivity index (χ1v) is 4.66. The van der Waals surface area contributed by atoms with Crippen molar-refractivity contribution in [3.05, 3.63) is 0 Å². The van der Waals surface area contributed by atoms with Gasteiger partial charge in [0.2, 0.25) is 0 Å². The lowest BCUT2D eigenvalue weighted by atomic mass is 9.77. The van der Waals surface area contributed by atoms with Crippen LogP contribution in [-0.2, 0) is 4.74 Å². The van der Waals surface area contributed by atoms with E-state index in [1.807, 2.05) is 6.92 Å². The molecule has 2 fully saturated rings. The molecule has 0 aromatic rings. The molecular weight excluding hydrogens is 156 g/mol. The second kappa shape index (κ2) is 2.69. The summed E-state index contributed by atoms with van der Waals surface area (Å²) >= 11 is 0. The molecule has 0 aromatic heterocycles. The Morgan fingerprint density at radius 3 is 2.92 bits per heavy atom. The molecule has 70 valence electrons. The van der Waals surface area contributed by atoms with Gasteiger partial charge in [-0.15, -0.1) is 0 Å². The number of aliphatic hydroxyl groups is 2. The third kappa shape index (κ3) is 0.934. The van der Waals surface area contributed by atoms with E-state index >= 15 is 0 Å². The lowest BCUT2D eigenvalue weighted by Crippen LogP contribution is -2.47. The predicted octanol–water partition coefficient (Wildman–Crippen LogP) is 0.297. The molecule has 2 rings (SSSR count). The summed E-state index contributed by atoms with van der Waals surface area (Å²) in [6, 6.07) is 0. The first-order valence-electron chi connectivity index (χ1n) is 4.66. The van der Waals surface area contributed by atoms with Gasteiger partial charge in [0.1, 0.15) is 5.60 Å². The van der Waals surface area contributed by atoms with Crippen LogP contribution in [0.1, 0.15) is 26.2 Å². The molecule has 2 N–H and O–H groups in total. The van der Waals surface area contributed by atoms with Crippen LogP contribution in [0.2, 0.25) is 0 Å². The molecule has 3 nitrogen and oxygen atoms in total. The van der Waals surface area contributed by atoms with Gasteiger partial charge in [-0.05, 0) is 26.2 Å². The maximum atomic E-state index is 9.84. The molecule has 2 bridgehead atoms. The molecule has 1 saturated heterocycles. The van der Waals surface area contributed by atoms with E-state index in [-0.39, 0.29) is 18.6 Å². The number of rotatable bonds is 1. The maximum Gasteiger partial charge on any atom is 0.118 e. The van der Waals surface area contributed by atoms with E-state index in [0.717, 1.165) is 19.3 Å². The summed E-state index contributed by atoms with van der Waals surface area (Å²) in [5, 5.41) is 19.0. The van der Waals surface area contributed by atoms with E-state index < -0.39 is 11.7 Å². The second-order valence-electron chi connectivity index (χ2n) is 4.05. The highest BCUT2D eigenvalue weighted by atomic mass is 16.5. The summed E-state index contributed by atoms with van der Waals surface area (Å²) in [5.74, 6) is 0.242. The summed E-state index contributed by atoms with van der Waals surface area (Å²) in [7, 11) is 0. The average molecular weight is 172 g/mol. The lowest BCUT2D eigenvalue weighted by molar-refractivity contribution is -0.116. The van der Waals surface area contributed by atoms with Gasteiger partial charge in [-0.2, -0.15) is 0 Å². The van der Waals surface area contributed by atoms with Gasteiger partial charge in [0, 0.05) is 5.92 Å². The molecule has 1 heterocycles. The van der Waals surface area contributed by atoms with Crippen LogP contribution in [0.15, 0.2) is 0 Å². The molecule has 0 aromatic carbocycles. The van der Waals surface area contributed by atoms with Crippen molar-refractivity contribution in [2.24, 2.45) is 5.92 Å². The topological polar surface area (TPSA) is 49.7 Å². The Hall–Kier alpha value is -0.120. The first kappa shape index (κ1) is 8.48. The van der Waals surface area contributed by atoms with Gasteiger partial charge in [-0.3, -0.25) is 0 Å². The SMILES string of the molecule is CC1OC2(CO)CCC[C@@H]1C2O. The maximum absolute atomic E-state index is 9.84. The highest BCUT2D eigenvalue weighted by molar-refractivity contribution is 5.03. The third-order valence-electron chi connectivity index (χ3n) is 3.37. The van der Waals surface area contributed by atoms with Crippen LogP contribution in [-0.4, -0.2) is 34.6 Å². The van der Waals surface area contributed by atoms with Crippen LogP contribution in [0.5, 0.6) is 0 Å². The van der Waals surface area contributed by atoms with Crippen LogP contribution in [0.4, 0.5) is 0 Å². The molecule has 3 unspecified atom stereocenters. The minimum absolute atomic E-state index is 0.0466. The zero-order valence-electron chi connectivity index (χ0n) is 7.36. The summed E-state index contributed by atoms with van der Waals surface area (Å²) < 4.78 is 5.63. The van der Waals surface area contributed by atoms with Crippen molar-refractivity contribution >= 4 is 0 Å². The highest BCUT2D eigenvalue weighted by Gasteiger charge is 2.54. The lowest BCUT2D eigenvalue weighted by Gasteiger charge is -2.34. The quantitative estimate of drug-likeness (QED) is 0.598. The number of aliphatic hydroxyl groups excluding tert-OH is 2. The average Bonchev–Trinajstić information content (AvgIpc) is 2.23. The van der Waals surface area contributed by atoms with Gasteiger partial charge in [-0.25, -0.2) is 0 Å². The second-order valence-corrected chi connectivity index (χ2v) is 4.05. The molecule has 1 aliphatic carbocycles. The Morgan fingerprint density at radius 1 is 1.58 bits per heavy atom. The van der Waals surface area contributed by atoms with Gasteiger partial charge >= 0.3 is 0 Å². The van der Waals surface area contributed by atoms with Crippen LogP contribution in [0, 0.1) is 5.92 Å². The summed E-state index contributed by atoms with van der Waals surface area (Å²) in [6.45, 7) is 1.94. The predicted molar refractivity (Wildman–Crippen MR) is 43.7 cm³/mol. The van der Waals surface area contributed by atoms with Crippen molar-refractivity contribution < 1.29 is 14.9 Å². The monoisotopic (exact) mass is 172 g/mol. The highest BCUT2D eigenvalue weighted by Crippen LogP contribution is 2.45. The Kier molecular flexibility index (Phi) is 1.90. The Bertz CT molecular complexity index is 183. The Balaban J connectivity index is 2.24. The van der Waals surface area contributed by atoms with Crippen molar-refractivity contribution in [3.63, 3.8) is 0 Å². The minimum atomic E-state index is -0.623. The first-order chi connectivity index (χ1) is 5.69. The van der Waals surface area contributed by atoms with E-state index in [0.29, 0.717) is 0 Å². The molecular formula is C9H16O3. The van der Waals surface area contributed by atoms with Crippen molar-refractivity contribution in [1.29, 1.82) is 0 Å². The van der Waals surface area contributed by atoms with Crippen LogP contribution in [0.25, 0.3) is 0 Å². The fourth-order valence-corrected chi connectivity index (χ4v) is 2.62. The fraction of sp³-hybridized carbons (Fsp3) is 1.00. The van der Waals surface area contributed by atoms with Gasteiger partial charge in [0.05, 0.1) is 18.8 Å². The zero-order chi connectivity index (χ0) is 8.77. The standard InChI is InChI=1S/C9H16O3/c1-6-7-3-2-4-9(5-10,12-6)8(7)11/h6-8,10-11H,2-5H2,1H3/t6?,7-,8?,9?/m0/s1. The normalized spacial score (nSPS) is 52.8. The molecule has 3 heteroatoms. The summed E-state index contributed by atoms with van der Waals surface area (Å²) in [5.41, 5.74) is -0.623. The molecule has 1 saturated carbocycles. The van der Waals surface area contributed by atoms with Crippen LogP contribution < -0.4 is 0 Å². The Morgan fingerprint density at radius 2 is 2.33 bits per heavy atom. The van der Waals surface area contributed by atoms with Crippen molar-refractivity contribution in [1.82, 2.24) is 0 Å². The van der Waals surface area contributed by atoms with Crippen molar-refractivity contribution in [3.8, 4) is 0 Å². The van der Waals surface area contributed by atoms with Gasteiger partial charge < -0.3 is 14.9 Å². The van der Waals surface area contributed by atoms with E-state index in [1.165, 1.54) is 0 Å². The molecule has 1 aliphatic heterocycles. The molecule has 12 heavy (non-hydrogen) atoms.